The molecule has 1 fully saturated rings. The van der Waals surface area contributed by atoms with E-state index in [1.54, 1.807) is 22.6 Å². The van der Waals surface area contributed by atoms with Crippen LogP contribution < -0.4 is 10.2 Å². The van der Waals surface area contributed by atoms with E-state index < -0.39 is 17.8 Å². The van der Waals surface area contributed by atoms with Crippen molar-refractivity contribution in [3.05, 3.63) is 29.6 Å². The van der Waals surface area contributed by atoms with Gasteiger partial charge in [0, 0.05) is 41.1 Å². The highest BCUT2D eigenvalue weighted by Crippen LogP contribution is 2.24. The Morgan fingerprint density at radius 2 is 2.11 bits per heavy atom. The van der Waals surface area contributed by atoms with Crippen LogP contribution in [0, 0.1) is 5.82 Å². The summed E-state index contributed by atoms with van der Waals surface area (Å²) in [4.78, 5) is 34.9. The van der Waals surface area contributed by atoms with E-state index in [0.717, 1.165) is 11.0 Å². The van der Waals surface area contributed by atoms with Crippen LogP contribution in [0.3, 0.4) is 0 Å². The number of urea groups is 1. The summed E-state index contributed by atoms with van der Waals surface area (Å²) in [5.74, 6) is -1.00. The fraction of sp³-hybridized carbons (Fsp3) is 0.182. The quantitative estimate of drug-likeness (QED) is 0.645. The van der Waals surface area contributed by atoms with Gasteiger partial charge in [-0.05, 0) is 18.2 Å². The van der Waals surface area contributed by atoms with Crippen LogP contribution in [0.2, 0.25) is 0 Å². The zero-order valence-electron chi connectivity index (χ0n) is 9.07. The molecular weight excluding hydrogens is 354 g/mol. The van der Waals surface area contributed by atoms with Gasteiger partial charge in [-0.2, -0.15) is 0 Å². The molecule has 0 saturated carbocycles. The number of nitrogens with zero attached hydrogens (tertiary/aromatic N) is 1. The van der Waals surface area contributed by atoms with Crippen molar-refractivity contribution >= 4 is 44.0 Å². The molecule has 1 aromatic rings. The highest BCUT2D eigenvalue weighted by Gasteiger charge is 2.26. The Morgan fingerprint density at radius 3 is 2.72 bits per heavy atom. The minimum Gasteiger partial charge on any atom is -0.291 e. The van der Waals surface area contributed by atoms with E-state index in [-0.39, 0.29) is 22.4 Å². The molecule has 18 heavy (non-hydrogen) atoms. The van der Waals surface area contributed by atoms with Crippen molar-refractivity contribution in [3.8, 4) is 0 Å². The van der Waals surface area contributed by atoms with Crippen molar-refractivity contribution in [1.82, 2.24) is 5.32 Å². The summed E-state index contributed by atoms with van der Waals surface area (Å²) in [6.07, 6.45) is 0.105. The van der Waals surface area contributed by atoms with Gasteiger partial charge in [0.1, 0.15) is 5.82 Å². The Labute approximate surface area is 115 Å². The number of amides is 3. The standard InChI is InChI=1S/C11H8FIN2O3/c12-7-2-1-6(10(13)17)5-8(7)15-4-3-9(16)14-11(15)18/h1-2,5H,3-4H2,(H,14,16,18). The first kappa shape index (κ1) is 12.9. The van der Waals surface area contributed by atoms with Gasteiger partial charge in [0.05, 0.1) is 5.69 Å². The summed E-state index contributed by atoms with van der Waals surface area (Å²) in [6.45, 7) is 0.0977. The second-order valence-electron chi connectivity index (χ2n) is 3.69. The molecule has 0 atom stereocenters. The number of halogens is 2. The predicted octanol–water partition coefficient (Wildman–Crippen LogP) is 1.85. The molecular formula is C11H8FIN2O3. The summed E-state index contributed by atoms with van der Waals surface area (Å²) >= 11 is 1.58. The fourth-order valence-electron chi connectivity index (χ4n) is 1.64. The van der Waals surface area contributed by atoms with E-state index >= 15 is 0 Å². The van der Waals surface area contributed by atoms with Gasteiger partial charge in [-0.3, -0.25) is 19.8 Å². The van der Waals surface area contributed by atoms with Gasteiger partial charge in [-0.25, -0.2) is 9.18 Å². The normalized spacial score (nSPS) is 15.6. The molecule has 0 spiro atoms. The Bertz CT molecular complexity index is 547. The van der Waals surface area contributed by atoms with Crippen LogP contribution in [0.1, 0.15) is 16.8 Å². The Balaban J connectivity index is 2.38. The van der Waals surface area contributed by atoms with Crippen LogP contribution in [0.15, 0.2) is 18.2 Å². The summed E-state index contributed by atoms with van der Waals surface area (Å²) in [5.41, 5.74) is 0.305. The summed E-state index contributed by atoms with van der Waals surface area (Å²) < 4.78 is 13.4. The molecule has 7 heteroatoms. The molecule has 1 aliphatic rings. The third-order valence-corrected chi connectivity index (χ3v) is 3.14. The molecule has 1 saturated heterocycles. The topological polar surface area (TPSA) is 66.5 Å². The van der Waals surface area contributed by atoms with Gasteiger partial charge < -0.3 is 0 Å². The van der Waals surface area contributed by atoms with Gasteiger partial charge in [0.15, 0.2) is 0 Å². The maximum Gasteiger partial charge on any atom is 0.328 e. The van der Waals surface area contributed by atoms with Crippen LogP contribution in [0.4, 0.5) is 14.9 Å². The molecule has 94 valence electrons. The lowest BCUT2D eigenvalue weighted by molar-refractivity contribution is -0.120. The number of nitrogens with one attached hydrogen (secondary N) is 1. The highest BCUT2D eigenvalue weighted by molar-refractivity contribution is 14.1. The Hall–Kier alpha value is -1.51. The van der Waals surface area contributed by atoms with Crippen LogP contribution in [-0.2, 0) is 4.79 Å². The molecule has 1 aliphatic heterocycles. The van der Waals surface area contributed by atoms with E-state index in [1.165, 1.54) is 12.1 Å². The first-order chi connectivity index (χ1) is 8.49. The molecule has 2 rings (SSSR count). The minimum absolute atomic E-state index is 0.00233. The van der Waals surface area contributed by atoms with Crippen LogP contribution in [0.5, 0.6) is 0 Å². The molecule has 0 bridgehead atoms. The first-order valence-electron chi connectivity index (χ1n) is 5.10. The molecule has 1 N–H and O–H groups in total. The van der Waals surface area contributed by atoms with Crippen molar-refractivity contribution in [2.75, 3.05) is 11.4 Å². The van der Waals surface area contributed by atoms with Gasteiger partial charge in [0.25, 0.3) is 0 Å². The monoisotopic (exact) mass is 362 g/mol. The predicted molar refractivity (Wildman–Crippen MR) is 70.3 cm³/mol. The van der Waals surface area contributed by atoms with Gasteiger partial charge in [-0.15, -0.1) is 0 Å². The smallest absolute Gasteiger partial charge is 0.291 e. The first-order valence-corrected chi connectivity index (χ1v) is 6.17. The van der Waals surface area contributed by atoms with Gasteiger partial charge >= 0.3 is 6.03 Å². The number of rotatable bonds is 2. The van der Waals surface area contributed by atoms with E-state index in [9.17, 15) is 18.8 Å². The lowest BCUT2D eigenvalue weighted by Gasteiger charge is -2.27. The largest absolute Gasteiger partial charge is 0.328 e. The lowest BCUT2D eigenvalue weighted by atomic mass is 10.1. The second-order valence-corrected chi connectivity index (χ2v) is 4.67. The zero-order chi connectivity index (χ0) is 13.3. The highest BCUT2D eigenvalue weighted by atomic mass is 127. The summed E-state index contributed by atoms with van der Waals surface area (Å²) in [7, 11) is 0. The van der Waals surface area contributed by atoms with Crippen molar-refractivity contribution < 1.29 is 18.8 Å². The maximum atomic E-state index is 13.7. The Morgan fingerprint density at radius 1 is 1.39 bits per heavy atom. The maximum absolute atomic E-state index is 13.7. The van der Waals surface area contributed by atoms with Crippen molar-refractivity contribution in [1.29, 1.82) is 0 Å². The van der Waals surface area contributed by atoms with E-state index in [2.05, 4.69) is 5.32 Å². The molecule has 5 nitrogen and oxygen atoms in total. The number of hydrogen-bond donors (Lipinski definition) is 1. The molecule has 1 heterocycles. The van der Waals surface area contributed by atoms with Crippen LogP contribution >= 0.6 is 22.6 Å². The molecule has 0 aromatic heterocycles. The minimum atomic E-state index is -0.678. The second kappa shape index (κ2) is 5.01. The number of benzene rings is 1. The average Bonchev–Trinajstić information content (AvgIpc) is 2.30. The number of carbonyl (C=O) groups is 3. The van der Waals surface area contributed by atoms with E-state index in [0.29, 0.717) is 5.56 Å². The number of hydrogen-bond acceptors (Lipinski definition) is 3. The zero-order valence-corrected chi connectivity index (χ0v) is 11.2. The fourth-order valence-corrected chi connectivity index (χ4v) is 1.97. The SMILES string of the molecule is O=C1CCN(c2cc(C(=O)I)ccc2F)C(=O)N1. The summed E-state index contributed by atoms with van der Waals surface area (Å²) in [6, 6.07) is 3.11. The van der Waals surface area contributed by atoms with Crippen molar-refractivity contribution in [3.63, 3.8) is 0 Å². The summed E-state index contributed by atoms with van der Waals surface area (Å²) in [5, 5.41) is 2.10. The third kappa shape index (κ3) is 2.50. The molecule has 3 amide bonds. The molecule has 0 unspecified atom stereocenters. The lowest BCUT2D eigenvalue weighted by Crippen LogP contribution is -2.49. The van der Waals surface area contributed by atoms with Crippen LogP contribution in [-0.4, -0.2) is 22.3 Å². The molecule has 0 aliphatic carbocycles. The number of imide groups is 1. The van der Waals surface area contributed by atoms with E-state index in [1.807, 2.05) is 0 Å². The number of carbonyl (C=O) groups excluding carboxylic acids is 3. The van der Waals surface area contributed by atoms with Crippen molar-refractivity contribution in [2.45, 2.75) is 6.42 Å². The molecule has 1 aromatic carbocycles. The van der Waals surface area contributed by atoms with Gasteiger partial charge in [0.2, 0.25) is 9.70 Å². The number of anilines is 1. The van der Waals surface area contributed by atoms with Crippen LogP contribution in [0.25, 0.3) is 0 Å². The van der Waals surface area contributed by atoms with E-state index in [4.69, 9.17) is 0 Å². The average molecular weight is 362 g/mol. The van der Waals surface area contributed by atoms with Crippen molar-refractivity contribution in [2.24, 2.45) is 0 Å². The van der Waals surface area contributed by atoms with Gasteiger partial charge in [-0.1, -0.05) is 0 Å². The molecule has 0 radical (unpaired) electrons. The third-order valence-electron chi connectivity index (χ3n) is 2.52. The Kier molecular flexibility index (Phi) is 3.60.